The Kier molecular flexibility index (Phi) is 5.30. The fraction of sp³-hybridized carbons (Fsp3) is 0.350. The molecule has 1 aliphatic heterocycles. The summed E-state index contributed by atoms with van der Waals surface area (Å²) in [4.78, 5) is 44.4. The van der Waals surface area contributed by atoms with Crippen LogP contribution in [0.15, 0.2) is 41.6 Å². The van der Waals surface area contributed by atoms with E-state index in [4.69, 9.17) is 0 Å². The lowest BCUT2D eigenvalue weighted by Gasteiger charge is -2.34. The number of aromatic nitrogens is 4. The van der Waals surface area contributed by atoms with Crippen molar-refractivity contribution < 1.29 is 14.0 Å². The van der Waals surface area contributed by atoms with E-state index in [0.29, 0.717) is 42.9 Å². The number of carbonyl (C=O) groups is 2. The number of piperazine rings is 1. The van der Waals surface area contributed by atoms with Crippen molar-refractivity contribution in [3.8, 4) is 5.69 Å². The topological polar surface area (TPSA) is 93.3 Å². The molecule has 0 atom stereocenters. The van der Waals surface area contributed by atoms with Gasteiger partial charge in [-0.05, 0) is 24.3 Å². The first-order valence-electron chi connectivity index (χ1n) is 9.66. The van der Waals surface area contributed by atoms with E-state index < -0.39 is 0 Å². The predicted octanol–water partition coefficient (Wildman–Crippen LogP) is 0.802. The minimum Gasteiger partial charge on any atom is -0.339 e. The summed E-state index contributed by atoms with van der Waals surface area (Å²) in [6, 6.07) is 5.73. The lowest BCUT2D eigenvalue weighted by Crippen LogP contribution is -2.50. The maximum Gasteiger partial charge on any atom is 0.264 e. The zero-order valence-corrected chi connectivity index (χ0v) is 16.5. The molecule has 1 aromatic carbocycles. The van der Waals surface area contributed by atoms with Gasteiger partial charge in [0.1, 0.15) is 11.2 Å². The van der Waals surface area contributed by atoms with Crippen molar-refractivity contribution in [3.63, 3.8) is 0 Å². The van der Waals surface area contributed by atoms with Gasteiger partial charge in [-0.15, -0.1) is 0 Å². The molecule has 1 aliphatic rings. The van der Waals surface area contributed by atoms with Crippen LogP contribution in [-0.4, -0.2) is 67.1 Å². The Hall–Kier alpha value is -3.56. The van der Waals surface area contributed by atoms with E-state index in [-0.39, 0.29) is 36.2 Å². The van der Waals surface area contributed by atoms with E-state index in [0.717, 1.165) is 0 Å². The summed E-state index contributed by atoms with van der Waals surface area (Å²) in [5.74, 6) is -0.417. The van der Waals surface area contributed by atoms with Gasteiger partial charge in [0.2, 0.25) is 11.8 Å². The van der Waals surface area contributed by atoms with Crippen molar-refractivity contribution in [2.24, 2.45) is 0 Å². The quantitative estimate of drug-likeness (QED) is 0.632. The van der Waals surface area contributed by atoms with Gasteiger partial charge < -0.3 is 9.80 Å². The van der Waals surface area contributed by atoms with Crippen LogP contribution in [0.1, 0.15) is 13.3 Å². The summed E-state index contributed by atoms with van der Waals surface area (Å²) in [6.45, 7) is 3.76. The Morgan fingerprint density at radius 1 is 1.07 bits per heavy atom. The number of hydrogen-bond donors (Lipinski definition) is 0. The molecule has 1 fully saturated rings. The summed E-state index contributed by atoms with van der Waals surface area (Å²) in [5, 5.41) is 4.52. The number of rotatable bonds is 4. The van der Waals surface area contributed by atoms with E-state index >= 15 is 0 Å². The number of nitrogens with zero attached hydrogens (tertiary/aromatic N) is 6. The first-order chi connectivity index (χ1) is 14.4. The Bertz CT molecular complexity index is 1150. The van der Waals surface area contributed by atoms with Gasteiger partial charge in [0.15, 0.2) is 5.65 Å². The smallest absolute Gasteiger partial charge is 0.264 e. The molecular weight excluding hydrogens is 391 g/mol. The molecule has 0 radical (unpaired) electrons. The third kappa shape index (κ3) is 3.80. The molecule has 0 N–H and O–H groups in total. The largest absolute Gasteiger partial charge is 0.339 e. The molecule has 0 unspecified atom stereocenters. The van der Waals surface area contributed by atoms with Gasteiger partial charge in [-0.2, -0.15) is 5.10 Å². The Balaban J connectivity index is 1.46. The summed E-state index contributed by atoms with van der Waals surface area (Å²) < 4.78 is 16.0. The highest BCUT2D eigenvalue weighted by Gasteiger charge is 2.22. The van der Waals surface area contributed by atoms with Crippen molar-refractivity contribution in [1.82, 2.24) is 29.1 Å². The van der Waals surface area contributed by atoms with Gasteiger partial charge in [-0.25, -0.2) is 14.1 Å². The van der Waals surface area contributed by atoms with Crippen molar-refractivity contribution in [1.29, 1.82) is 0 Å². The van der Waals surface area contributed by atoms with Gasteiger partial charge in [0, 0.05) is 46.1 Å². The molecule has 30 heavy (non-hydrogen) atoms. The van der Waals surface area contributed by atoms with Crippen LogP contribution in [0.25, 0.3) is 16.7 Å². The van der Waals surface area contributed by atoms with Gasteiger partial charge in [-0.1, -0.05) is 0 Å². The maximum atomic E-state index is 13.2. The number of halogens is 1. The minimum atomic E-state index is -0.363. The second-order valence-corrected chi connectivity index (χ2v) is 7.15. The van der Waals surface area contributed by atoms with Gasteiger partial charge >= 0.3 is 0 Å². The van der Waals surface area contributed by atoms with Crippen LogP contribution in [0.4, 0.5) is 4.39 Å². The first kappa shape index (κ1) is 19.7. The molecule has 3 aromatic rings. The molecule has 156 valence electrons. The fourth-order valence-corrected chi connectivity index (χ4v) is 3.52. The minimum absolute atomic E-state index is 0.00853. The molecule has 2 amide bonds. The molecule has 4 rings (SSSR count). The molecular formula is C20H21FN6O3. The first-order valence-corrected chi connectivity index (χ1v) is 9.66. The van der Waals surface area contributed by atoms with Crippen LogP contribution < -0.4 is 5.56 Å². The number of benzene rings is 1. The highest BCUT2D eigenvalue weighted by molar-refractivity contribution is 5.78. The molecule has 0 saturated carbocycles. The Labute approximate surface area is 171 Å². The van der Waals surface area contributed by atoms with E-state index in [1.807, 2.05) is 0 Å². The molecule has 0 spiro atoms. The number of fused-ring (bicyclic) bond motifs is 1. The Morgan fingerprint density at radius 2 is 1.73 bits per heavy atom. The number of hydrogen-bond acceptors (Lipinski definition) is 5. The summed E-state index contributed by atoms with van der Waals surface area (Å²) in [6.07, 6.45) is 2.99. The van der Waals surface area contributed by atoms with E-state index in [9.17, 15) is 18.8 Å². The highest BCUT2D eigenvalue weighted by Crippen LogP contribution is 2.14. The van der Waals surface area contributed by atoms with Crippen molar-refractivity contribution in [2.45, 2.75) is 19.9 Å². The van der Waals surface area contributed by atoms with Gasteiger partial charge in [0.25, 0.3) is 5.56 Å². The van der Waals surface area contributed by atoms with Crippen molar-refractivity contribution in [2.75, 3.05) is 26.2 Å². The predicted molar refractivity (Wildman–Crippen MR) is 107 cm³/mol. The summed E-state index contributed by atoms with van der Waals surface area (Å²) in [7, 11) is 0. The molecule has 0 bridgehead atoms. The second-order valence-electron chi connectivity index (χ2n) is 7.15. The van der Waals surface area contributed by atoms with Crippen LogP contribution in [-0.2, 0) is 16.1 Å². The lowest BCUT2D eigenvalue weighted by molar-refractivity contribution is -0.138. The number of carbonyl (C=O) groups excluding carboxylic acids is 2. The van der Waals surface area contributed by atoms with Gasteiger partial charge in [-0.3, -0.25) is 19.0 Å². The average molecular weight is 412 g/mol. The van der Waals surface area contributed by atoms with E-state index in [2.05, 4.69) is 10.1 Å². The van der Waals surface area contributed by atoms with Crippen LogP contribution in [0.2, 0.25) is 0 Å². The van der Waals surface area contributed by atoms with E-state index in [1.54, 1.807) is 21.9 Å². The van der Waals surface area contributed by atoms with Gasteiger partial charge in [0.05, 0.1) is 18.2 Å². The molecule has 10 heteroatoms. The molecule has 9 nitrogen and oxygen atoms in total. The SMILES string of the molecule is CC(=O)N1CCN(C(=O)CCn2cnc3c(cnn3-c3ccc(F)cc3)c2=O)CC1. The number of amides is 2. The zero-order chi connectivity index (χ0) is 21.3. The zero-order valence-electron chi connectivity index (χ0n) is 16.5. The van der Waals surface area contributed by atoms with Crippen LogP contribution in [0, 0.1) is 5.82 Å². The molecule has 1 saturated heterocycles. The standard InChI is InChI=1S/C20H21FN6O3/c1-14(28)24-8-10-25(11-9-24)18(29)6-7-26-13-22-19-17(20(26)30)12-23-27(19)16-4-2-15(21)3-5-16/h2-5,12-13H,6-11H2,1H3. The summed E-state index contributed by atoms with van der Waals surface area (Å²) in [5.41, 5.74) is 0.674. The molecule has 0 aliphatic carbocycles. The van der Waals surface area contributed by atoms with Crippen molar-refractivity contribution in [3.05, 3.63) is 53.0 Å². The number of aryl methyl sites for hydroxylation is 1. The Morgan fingerprint density at radius 3 is 2.40 bits per heavy atom. The maximum absolute atomic E-state index is 13.2. The second kappa shape index (κ2) is 8.05. The van der Waals surface area contributed by atoms with E-state index in [1.165, 1.54) is 40.8 Å². The third-order valence-corrected chi connectivity index (χ3v) is 5.27. The lowest BCUT2D eigenvalue weighted by atomic mass is 10.2. The van der Waals surface area contributed by atoms with Crippen LogP contribution in [0.3, 0.4) is 0 Å². The summed E-state index contributed by atoms with van der Waals surface area (Å²) >= 11 is 0. The van der Waals surface area contributed by atoms with Crippen LogP contribution in [0.5, 0.6) is 0 Å². The highest BCUT2D eigenvalue weighted by atomic mass is 19.1. The van der Waals surface area contributed by atoms with Crippen LogP contribution >= 0.6 is 0 Å². The third-order valence-electron chi connectivity index (χ3n) is 5.27. The van der Waals surface area contributed by atoms with Crippen molar-refractivity contribution >= 4 is 22.8 Å². The monoisotopic (exact) mass is 412 g/mol. The molecule has 2 aromatic heterocycles. The fourth-order valence-electron chi connectivity index (χ4n) is 3.52. The normalized spacial score (nSPS) is 14.3. The molecule has 3 heterocycles. The average Bonchev–Trinajstić information content (AvgIpc) is 3.18.